The molecule has 1 aromatic carbocycles. The van der Waals surface area contributed by atoms with Crippen molar-refractivity contribution in [2.45, 2.75) is 52.0 Å². The highest BCUT2D eigenvalue weighted by Crippen LogP contribution is 2.29. The molecule has 2 aliphatic rings. The normalized spacial score (nSPS) is 17.0. The van der Waals surface area contributed by atoms with Crippen molar-refractivity contribution in [2.75, 3.05) is 60.7 Å². The van der Waals surface area contributed by atoms with Crippen molar-refractivity contribution in [3.8, 4) is 0 Å². The Balaban J connectivity index is 1.37. The average molecular weight is 602 g/mol. The number of aryl methyl sites for hydroxylation is 1. The van der Waals surface area contributed by atoms with Crippen LogP contribution in [0, 0.1) is 6.92 Å². The Bertz CT molecular complexity index is 1530. The van der Waals surface area contributed by atoms with Crippen molar-refractivity contribution in [3.05, 3.63) is 59.6 Å². The van der Waals surface area contributed by atoms with Crippen molar-refractivity contribution in [1.29, 1.82) is 0 Å². The van der Waals surface area contributed by atoms with Crippen LogP contribution in [0.2, 0.25) is 0 Å². The SMILES string of the molecule is C=CNc1c(N)nc(N2CCC(N3CCOCC3)CC2)nc1C(N)=Nc1cc(C(=O)Nc2cc(C(C)(C)C)[nH]n2)ccc1C. The molecule has 13 nitrogen and oxygen atoms in total. The second-order valence-electron chi connectivity index (χ2n) is 12.2. The number of benzene rings is 1. The second kappa shape index (κ2) is 13.0. The van der Waals surface area contributed by atoms with Crippen molar-refractivity contribution in [1.82, 2.24) is 25.1 Å². The molecular weight excluding hydrogens is 558 g/mol. The Labute approximate surface area is 258 Å². The number of aliphatic imine (C=N–C) groups is 1. The van der Waals surface area contributed by atoms with Gasteiger partial charge in [-0.25, -0.2) is 9.98 Å². The van der Waals surface area contributed by atoms with Crippen molar-refractivity contribution in [2.24, 2.45) is 10.7 Å². The number of amidine groups is 1. The Morgan fingerprint density at radius 1 is 1.16 bits per heavy atom. The average Bonchev–Trinajstić information content (AvgIpc) is 3.49. The number of nitrogen functional groups attached to an aromatic ring is 1. The zero-order chi connectivity index (χ0) is 31.4. The first-order valence-electron chi connectivity index (χ1n) is 15.0. The molecule has 13 heteroatoms. The maximum atomic E-state index is 13.1. The minimum Gasteiger partial charge on any atom is -0.382 e. The minimum atomic E-state index is -0.310. The van der Waals surface area contributed by atoms with E-state index < -0.39 is 0 Å². The quantitative estimate of drug-likeness (QED) is 0.190. The molecule has 3 aromatic rings. The first-order valence-corrected chi connectivity index (χ1v) is 15.0. The van der Waals surface area contributed by atoms with Crippen LogP contribution < -0.4 is 27.0 Å². The summed E-state index contributed by atoms with van der Waals surface area (Å²) in [7, 11) is 0. The predicted octanol–water partition coefficient (Wildman–Crippen LogP) is 3.53. The number of anilines is 4. The van der Waals surface area contributed by atoms with Crippen LogP contribution in [0.15, 0.2) is 42.0 Å². The number of nitrogens with two attached hydrogens (primary N) is 2. The lowest BCUT2D eigenvalue weighted by atomic mass is 9.92. The largest absolute Gasteiger partial charge is 0.382 e. The topological polar surface area (TPSA) is 176 Å². The maximum absolute atomic E-state index is 13.1. The second-order valence-corrected chi connectivity index (χ2v) is 12.2. The molecule has 4 heterocycles. The number of aromatic amines is 1. The predicted molar refractivity (Wildman–Crippen MR) is 175 cm³/mol. The summed E-state index contributed by atoms with van der Waals surface area (Å²) in [5, 5.41) is 13.1. The van der Waals surface area contributed by atoms with Gasteiger partial charge in [0, 0.05) is 55.0 Å². The summed E-state index contributed by atoms with van der Waals surface area (Å²) in [6, 6.07) is 7.61. The molecule has 1 amide bonds. The molecule has 234 valence electrons. The third-order valence-corrected chi connectivity index (χ3v) is 8.06. The zero-order valence-corrected chi connectivity index (χ0v) is 26.0. The Morgan fingerprint density at radius 2 is 1.89 bits per heavy atom. The number of rotatable bonds is 8. The number of aromatic nitrogens is 4. The van der Waals surface area contributed by atoms with Gasteiger partial charge in [-0.1, -0.05) is 33.4 Å². The first kappa shape index (κ1) is 31.0. The van der Waals surface area contributed by atoms with Gasteiger partial charge in [0.15, 0.2) is 17.5 Å². The minimum absolute atomic E-state index is 0.123. The Hall–Kier alpha value is -4.49. The third kappa shape index (κ3) is 7.00. The van der Waals surface area contributed by atoms with E-state index in [9.17, 15) is 4.79 Å². The molecule has 2 fully saturated rings. The van der Waals surface area contributed by atoms with Gasteiger partial charge in [-0.2, -0.15) is 10.1 Å². The van der Waals surface area contributed by atoms with E-state index in [2.05, 4.69) is 63.0 Å². The summed E-state index contributed by atoms with van der Waals surface area (Å²) in [6.45, 7) is 17.0. The fourth-order valence-electron chi connectivity index (χ4n) is 5.42. The molecule has 2 saturated heterocycles. The number of hydrogen-bond donors (Lipinski definition) is 5. The highest BCUT2D eigenvalue weighted by Gasteiger charge is 2.28. The van der Waals surface area contributed by atoms with Gasteiger partial charge in [-0.3, -0.25) is 14.8 Å². The van der Waals surface area contributed by atoms with Crippen LogP contribution in [0.4, 0.5) is 29.0 Å². The number of amides is 1. The molecule has 44 heavy (non-hydrogen) atoms. The summed E-state index contributed by atoms with van der Waals surface area (Å²) in [4.78, 5) is 31.9. The zero-order valence-electron chi connectivity index (χ0n) is 26.0. The van der Waals surface area contributed by atoms with Gasteiger partial charge in [-0.05, 0) is 43.7 Å². The number of nitrogens with one attached hydrogen (secondary N) is 3. The van der Waals surface area contributed by atoms with Gasteiger partial charge in [0.05, 0.1) is 18.9 Å². The number of piperidine rings is 1. The number of ether oxygens (including phenoxy) is 1. The van der Waals surface area contributed by atoms with Crippen LogP contribution in [0.3, 0.4) is 0 Å². The van der Waals surface area contributed by atoms with Gasteiger partial charge in [0.25, 0.3) is 5.91 Å². The fraction of sp³-hybridized carbons (Fsp3) is 0.452. The summed E-state index contributed by atoms with van der Waals surface area (Å²) in [5.41, 5.74) is 16.4. The van der Waals surface area contributed by atoms with E-state index in [4.69, 9.17) is 26.2 Å². The number of hydrogen-bond acceptors (Lipinski definition) is 10. The molecule has 2 aliphatic heterocycles. The third-order valence-electron chi connectivity index (χ3n) is 8.06. The van der Waals surface area contributed by atoms with E-state index in [0.717, 1.165) is 63.5 Å². The molecule has 0 atom stereocenters. The van der Waals surface area contributed by atoms with Crippen molar-refractivity contribution in [3.63, 3.8) is 0 Å². The van der Waals surface area contributed by atoms with Crippen LogP contribution in [0.5, 0.6) is 0 Å². The summed E-state index contributed by atoms with van der Waals surface area (Å²) >= 11 is 0. The van der Waals surface area contributed by atoms with Gasteiger partial charge >= 0.3 is 0 Å². The molecule has 5 rings (SSSR count). The highest BCUT2D eigenvalue weighted by molar-refractivity contribution is 6.06. The maximum Gasteiger partial charge on any atom is 0.256 e. The van der Waals surface area contributed by atoms with E-state index in [0.29, 0.717) is 40.4 Å². The van der Waals surface area contributed by atoms with E-state index >= 15 is 0 Å². The molecule has 0 aliphatic carbocycles. The lowest BCUT2D eigenvalue weighted by Gasteiger charge is -2.40. The highest BCUT2D eigenvalue weighted by atomic mass is 16.5. The van der Waals surface area contributed by atoms with Crippen molar-refractivity contribution >= 4 is 40.7 Å². The number of morpholine rings is 1. The lowest BCUT2D eigenvalue weighted by Crippen LogP contribution is -2.49. The Kier molecular flexibility index (Phi) is 9.16. The first-order chi connectivity index (χ1) is 21.0. The van der Waals surface area contributed by atoms with Gasteiger partial charge < -0.3 is 31.7 Å². The summed E-state index contributed by atoms with van der Waals surface area (Å²) < 4.78 is 5.52. The molecule has 0 unspecified atom stereocenters. The number of H-pyrrole nitrogens is 1. The number of carbonyl (C=O) groups is 1. The van der Waals surface area contributed by atoms with Crippen LogP contribution in [-0.4, -0.2) is 82.2 Å². The standard InChI is InChI=1S/C31H43N11O2/c1-6-34-25-26(37-30(38-27(25)32)42-11-9-21(10-12-42)41-13-15-44-16-14-41)28(33)35-22-17-20(8-7-19(22)2)29(43)36-24-18-23(39-40-24)31(3,4)5/h6-8,17-18,21,34H,1,9-16H2,2-5H3,(H2,33,35)(H2,32,37,38)(H2,36,39,40,43). The summed E-state index contributed by atoms with van der Waals surface area (Å²) in [5.74, 6) is 1.02. The van der Waals surface area contributed by atoms with Crippen LogP contribution in [0.1, 0.15) is 60.9 Å². The molecule has 0 spiro atoms. The van der Waals surface area contributed by atoms with E-state index in [1.54, 1.807) is 12.1 Å². The van der Waals surface area contributed by atoms with Gasteiger partial charge in [0.1, 0.15) is 11.4 Å². The fourth-order valence-corrected chi connectivity index (χ4v) is 5.42. The smallest absolute Gasteiger partial charge is 0.256 e. The number of carbonyl (C=O) groups excluding carboxylic acids is 1. The monoisotopic (exact) mass is 601 g/mol. The van der Waals surface area contributed by atoms with Crippen LogP contribution >= 0.6 is 0 Å². The molecule has 7 N–H and O–H groups in total. The van der Waals surface area contributed by atoms with Gasteiger partial charge in [-0.15, -0.1) is 0 Å². The molecule has 0 radical (unpaired) electrons. The van der Waals surface area contributed by atoms with Gasteiger partial charge in [0.2, 0.25) is 5.95 Å². The molecule has 0 bridgehead atoms. The summed E-state index contributed by atoms with van der Waals surface area (Å²) in [6.07, 6.45) is 3.49. The Morgan fingerprint density at radius 3 is 2.55 bits per heavy atom. The molecular formula is C31H43N11O2. The van der Waals surface area contributed by atoms with Crippen LogP contribution in [-0.2, 0) is 10.2 Å². The molecule has 0 saturated carbocycles. The lowest BCUT2D eigenvalue weighted by molar-refractivity contribution is 0.0114. The van der Waals surface area contributed by atoms with E-state index in [1.165, 1.54) is 6.20 Å². The van der Waals surface area contributed by atoms with Crippen molar-refractivity contribution < 1.29 is 9.53 Å². The van der Waals surface area contributed by atoms with E-state index in [-0.39, 0.29) is 23.0 Å². The van der Waals surface area contributed by atoms with E-state index in [1.807, 2.05) is 19.1 Å². The van der Waals surface area contributed by atoms with Crippen LogP contribution in [0.25, 0.3) is 0 Å². The number of nitrogens with zero attached hydrogens (tertiary/aromatic N) is 6. The molecule has 2 aromatic heterocycles.